The van der Waals surface area contributed by atoms with Crippen LogP contribution < -0.4 is 15.0 Å². The highest BCUT2D eigenvalue weighted by atomic mass is 35.5. The predicted octanol–water partition coefficient (Wildman–Crippen LogP) is 3.87. The highest BCUT2D eigenvalue weighted by molar-refractivity contribution is 6.30. The van der Waals surface area contributed by atoms with Gasteiger partial charge in [-0.05, 0) is 55.8 Å². The molecule has 1 aliphatic rings. The number of amides is 2. The number of anilines is 2. The molecule has 1 aliphatic heterocycles. The Morgan fingerprint density at radius 1 is 1.24 bits per heavy atom. The normalized spacial score (nSPS) is 15.1. The second-order valence-electron chi connectivity index (χ2n) is 5.90. The predicted molar refractivity (Wildman–Crippen MR) is 98.2 cm³/mol. The summed E-state index contributed by atoms with van der Waals surface area (Å²) in [6, 6.07) is 14.1. The fourth-order valence-electron chi connectivity index (χ4n) is 2.69. The Kier molecular flexibility index (Phi) is 5.24. The molecule has 1 atom stereocenters. The molecule has 1 N–H and O–H groups in total. The van der Waals surface area contributed by atoms with E-state index in [1.807, 2.05) is 12.1 Å². The van der Waals surface area contributed by atoms with Crippen LogP contribution >= 0.6 is 11.6 Å². The van der Waals surface area contributed by atoms with Crippen LogP contribution in [0.4, 0.5) is 11.4 Å². The lowest BCUT2D eigenvalue weighted by atomic mass is 10.2. The quantitative estimate of drug-likeness (QED) is 0.882. The summed E-state index contributed by atoms with van der Waals surface area (Å²) in [6.07, 6.45) is 0.810. The molecule has 0 unspecified atom stereocenters. The molecule has 1 saturated heterocycles. The number of ether oxygens (including phenoxy) is 1. The van der Waals surface area contributed by atoms with Crippen molar-refractivity contribution in [1.82, 2.24) is 0 Å². The highest BCUT2D eigenvalue weighted by Crippen LogP contribution is 2.23. The van der Waals surface area contributed by atoms with Crippen LogP contribution in [0.25, 0.3) is 0 Å². The summed E-state index contributed by atoms with van der Waals surface area (Å²) in [5.74, 6) is 0.420. The first-order valence-corrected chi connectivity index (χ1v) is 8.54. The molecule has 130 valence electrons. The van der Waals surface area contributed by atoms with E-state index in [1.165, 1.54) is 0 Å². The maximum absolute atomic E-state index is 12.3. The summed E-state index contributed by atoms with van der Waals surface area (Å²) < 4.78 is 5.60. The summed E-state index contributed by atoms with van der Waals surface area (Å²) in [5, 5.41) is 3.36. The van der Waals surface area contributed by atoms with Gasteiger partial charge in [0.1, 0.15) is 5.75 Å². The number of hydrogen-bond acceptors (Lipinski definition) is 3. The van der Waals surface area contributed by atoms with Crippen molar-refractivity contribution < 1.29 is 14.3 Å². The monoisotopic (exact) mass is 358 g/mol. The van der Waals surface area contributed by atoms with Crippen LogP contribution in [0.3, 0.4) is 0 Å². The summed E-state index contributed by atoms with van der Waals surface area (Å²) in [6.45, 7) is 2.42. The lowest BCUT2D eigenvalue weighted by molar-refractivity contribution is -0.122. The summed E-state index contributed by atoms with van der Waals surface area (Å²) >= 11 is 5.91. The number of nitrogens with one attached hydrogen (secondary N) is 1. The van der Waals surface area contributed by atoms with E-state index in [2.05, 4.69) is 5.32 Å². The summed E-state index contributed by atoms with van der Waals surface area (Å²) in [4.78, 5) is 25.8. The Morgan fingerprint density at radius 2 is 2.00 bits per heavy atom. The van der Waals surface area contributed by atoms with Crippen molar-refractivity contribution in [3.8, 4) is 5.75 Å². The fraction of sp³-hybridized carbons (Fsp3) is 0.263. The first kappa shape index (κ1) is 17.3. The van der Waals surface area contributed by atoms with E-state index in [9.17, 15) is 9.59 Å². The Labute approximate surface area is 151 Å². The Balaban J connectivity index is 1.59. The Bertz CT molecular complexity index is 776. The standard InChI is InChI=1S/C19H19ClN2O3/c1-13(25-17-5-2-4-14(20)12-17)19(24)21-15-7-9-16(10-8-15)22-11-3-6-18(22)23/h2,4-5,7-10,12-13H,3,6,11H2,1H3,(H,21,24)/t13-/m0/s1. The number of carbonyl (C=O) groups is 2. The third-order valence-electron chi connectivity index (χ3n) is 4.00. The smallest absolute Gasteiger partial charge is 0.265 e. The van der Waals surface area contributed by atoms with E-state index < -0.39 is 6.10 Å². The number of nitrogens with zero attached hydrogens (tertiary/aromatic N) is 1. The molecule has 2 aromatic rings. The molecule has 1 fully saturated rings. The van der Waals surface area contributed by atoms with Gasteiger partial charge in [0.2, 0.25) is 5.91 Å². The van der Waals surface area contributed by atoms with Crippen molar-refractivity contribution >= 4 is 34.8 Å². The first-order valence-electron chi connectivity index (χ1n) is 8.16. The molecular weight excluding hydrogens is 340 g/mol. The molecule has 5 nitrogen and oxygen atoms in total. The van der Waals surface area contributed by atoms with Crippen LogP contribution in [0.5, 0.6) is 5.75 Å². The van der Waals surface area contributed by atoms with Crippen LogP contribution in [0, 0.1) is 0 Å². The van der Waals surface area contributed by atoms with Gasteiger partial charge < -0.3 is 15.0 Å². The van der Waals surface area contributed by atoms with Gasteiger partial charge in [-0.15, -0.1) is 0 Å². The van der Waals surface area contributed by atoms with E-state index in [0.29, 0.717) is 22.9 Å². The topological polar surface area (TPSA) is 58.6 Å². The second kappa shape index (κ2) is 7.57. The van der Waals surface area contributed by atoms with Crippen LogP contribution in [-0.2, 0) is 9.59 Å². The Hall–Kier alpha value is -2.53. The van der Waals surface area contributed by atoms with E-state index in [-0.39, 0.29) is 11.8 Å². The van der Waals surface area contributed by atoms with E-state index in [4.69, 9.17) is 16.3 Å². The third-order valence-corrected chi connectivity index (χ3v) is 4.23. The zero-order chi connectivity index (χ0) is 17.8. The molecule has 0 spiro atoms. The summed E-state index contributed by atoms with van der Waals surface area (Å²) in [5.41, 5.74) is 1.51. The molecule has 6 heteroatoms. The third kappa shape index (κ3) is 4.31. The van der Waals surface area contributed by atoms with Crippen molar-refractivity contribution in [2.24, 2.45) is 0 Å². The SMILES string of the molecule is C[C@H](Oc1cccc(Cl)c1)C(=O)Nc1ccc(N2CCCC2=O)cc1. The van der Waals surface area contributed by atoms with Gasteiger partial charge in [-0.2, -0.15) is 0 Å². The van der Waals surface area contributed by atoms with Gasteiger partial charge in [0, 0.05) is 29.4 Å². The van der Waals surface area contributed by atoms with Gasteiger partial charge >= 0.3 is 0 Å². The Morgan fingerprint density at radius 3 is 2.64 bits per heavy atom. The van der Waals surface area contributed by atoms with Crippen LogP contribution in [0.15, 0.2) is 48.5 Å². The minimum Gasteiger partial charge on any atom is -0.481 e. The minimum atomic E-state index is -0.668. The molecule has 1 heterocycles. The molecule has 0 saturated carbocycles. The summed E-state index contributed by atoms with van der Waals surface area (Å²) in [7, 11) is 0. The van der Waals surface area contributed by atoms with Gasteiger partial charge in [-0.1, -0.05) is 17.7 Å². The van der Waals surface area contributed by atoms with Crippen molar-refractivity contribution in [3.05, 3.63) is 53.6 Å². The number of rotatable bonds is 5. The molecule has 0 bridgehead atoms. The van der Waals surface area contributed by atoms with Gasteiger partial charge in [0.25, 0.3) is 5.91 Å². The molecule has 2 amide bonds. The molecule has 0 aromatic heterocycles. The van der Waals surface area contributed by atoms with E-state index in [1.54, 1.807) is 48.2 Å². The largest absolute Gasteiger partial charge is 0.481 e. The van der Waals surface area contributed by atoms with E-state index in [0.717, 1.165) is 18.7 Å². The van der Waals surface area contributed by atoms with E-state index >= 15 is 0 Å². The highest BCUT2D eigenvalue weighted by Gasteiger charge is 2.21. The zero-order valence-corrected chi connectivity index (χ0v) is 14.6. The van der Waals surface area contributed by atoms with Crippen LogP contribution in [0.1, 0.15) is 19.8 Å². The minimum absolute atomic E-state index is 0.139. The number of halogens is 1. The second-order valence-corrected chi connectivity index (χ2v) is 6.34. The molecule has 0 aliphatic carbocycles. The van der Waals surface area contributed by atoms with Crippen molar-refractivity contribution in [1.29, 1.82) is 0 Å². The lowest BCUT2D eigenvalue weighted by Crippen LogP contribution is -2.30. The molecule has 25 heavy (non-hydrogen) atoms. The molecular formula is C19H19ClN2O3. The number of benzene rings is 2. The van der Waals surface area contributed by atoms with Gasteiger partial charge in [0.05, 0.1) is 0 Å². The molecule has 2 aromatic carbocycles. The van der Waals surface area contributed by atoms with Crippen molar-refractivity contribution in [3.63, 3.8) is 0 Å². The number of hydrogen-bond donors (Lipinski definition) is 1. The van der Waals surface area contributed by atoms with Crippen molar-refractivity contribution in [2.75, 3.05) is 16.8 Å². The van der Waals surface area contributed by atoms with Gasteiger partial charge in [-0.25, -0.2) is 0 Å². The average Bonchev–Trinajstić information content (AvgIpc) is 3.01. The van der Waals surface area contributed by atoms with Crippen LogP contribution in [0.2, 0.25) is 5.02 Å². The maximum Gasteiger partial charge on any atom is 0.265 e. The van der Waals surface area contributed by atoms with Gasteiger partial charge in [-0.3, -0.25) is 9.59 Å². The molecule has 0 radical (unpaired) electrons. The number of carbonyl (C=O) groups excluding carboxylic acids is 2. The van der Waals surface area contributed by atoms with Gasteiger partial charge in [0.15, 0.2) is 6.10 Å². The average molecular weight is 359 g/mol. The fourth-order valence-corrected chi connectivity index (χ4v) is 2.87. The van der Waals surface area contributed by atoms with Crippen molar-refractivity contribution in [2.45, 2.75) is 25.9 Å². The molecule has 3 rings (SSSR count). The van der Waals surface area contributed by atoms with Crippen LogP contribution in [-0.4, -0.2) is 24.5 Å². The first-order chi connectivity index (χ1) is 12.0. The zero-order valence-electron chi connectivity index (χ0n) is 13.9. The maximum atomic E-state index is 12.3. The lowest BCUT2D eigenvalue weighted by Gasteiger charge is -2.17.